The molecule has 3 aromatic rings. The number of benzene rings is 3. The van der Waals surface area contributed by atoms with E-state index in [0.717, 1.165) is 27.9 Å². The molecule has 0 radical (unpaired) electrons. The Hall–Kier alpha value is -3.49. The van der Waals surface area contributed by atoms with Crippen molar-refractivity contribution in [2.75, 3.05) is 17.2 Å². The van der Waals surface area contributed by atoms with Crippen LogP contribution in [0.5, 0.6) is 0 Å². The van der Waals surface area contributed by atoms with E-state index in [1.54, 1.807) is 19.1 Å². The van der Waals surface area contributed by atoms with Crippen LogP contribution in [0.25, 0.3) is 0 Å². The molecule has 0 aromatic heterocycles. The molecular weight excluding hydrogens is 474 g/mol. The standard InChI is InChI=1S/C28H31N3O4S/c1-4-27(32)29-22-11-13-23(14-12-22)36(34,35)31-16-15-21-7-5-6-8-24(21)26(31)18-28(33)30-25-17-19(2)9-10-20(25)3/h5-14,17,26H,4,15-16,18H2,1-3H3,(H,29,32)(H,30,33). The van der Waals surface area contributed by atoms with E-state index >= 15 is 0 Å². The lowest BCUT2D eigenvalue weighted by Gasteiger charge is -2.36. The second-order valence-electron chi connectivity index (χ2n) is 9.08. The molecule has 0 aliphatic carbocycles. The minimum Gasteiger partial charge on any atom is -0.326 e. The van der Waals surface area contributed by atoms with Crippen LogP contribution in [0.1, 0.15) is 48.1 Å². The van der Waals surface area contributed by atoms with Gasteiger partial charge in [-0.1, -0.05) is 43.3 Å². The number of fused-ring (bicyclic) bond motifs is 1. The second kappa shape index (κ2) is 10.6. The van der Waals surface area contributed by atoms with Crippen molar-refractivity contribution < 1.29 is 18.0 Å². The van der Waals surface area contributed by atoms with Gasteiger partial charge in [0.1, 0.15) is 0 Å². The smallest absolute Gasteiger partial charge is 0.243 e. The van der Waals surface area contributed by atoms with Crippen LogP contribution >= 0.6 is 0 Å². The molecule has 2 amide bonds. The zero-order valence-electron chi connectivity index (χ0n) is 20.7. The highest BCUT2D eigenvalue weighted by Crippen LogP contribution is 2.37. The van der Waals surface area contributed by atoms with E-state index in [4.69, 9.17) is 0 Å². The van der Waals surface area contributed by atoms with Crippen LogP contribution in [-0.4, -0.2) is 31.1 Å². The summed E-state index contributed by atoms with van der Waals surface area (Å²) in [5.74, 6) is -0.392. The van der Waals surface area contributed by atoms with Crippen LogP contribution in [-0.2, 0) is 26.0 Å². The normalized spacial score (nSPS) is 15.7. The van der Waals surface area contributed by atoms with Crippen molar-refractivity contribution in [3.63, 3.8) is 0 Å². The van der Waals surface area contributed by atoms with Gasteiger partial charge in [0.05, 0.1) is 10.9 Å². The number of amides is 2. The fourth-order valence-electron chi connectivity index (χ4n) is 4.47. The summed E-state index contributed by atoms with van der Waals surface area (Å²) in [6.45, 7) is 5.90. The zero-order valence-corrected chi connectivity index (χ0v) is 21.6. The third-order valence-electron chi connectivity index (χ3n) is 6.47. The van der Waals surface area contributed by atoms with Gasteiger partial charge in [-0.2, -0.15) is 4.31 Å². The number of rotatable bonds is 7. The maximum absolute atomic E-state index is 13.7. The number of carbonyl (C=O) groups excluding carboxylic acids is 2. The van der Waals surface area contributed by atoms with Crippen LogP contribution in [0.3, 0.4) is 0 Å². The summed E-state index contributed by atoms with van der Waals surface area (Å²) < 4.78 is 28.9. The lowest BCUT2D eigenvalue weighted by Crippen LogP contribution is -2.41. The van der Waals surface area contributed by atoms with Crippen LogP contribution in [0, 0.1) is 13.8 Å². The molecule has 1 heterocycles. The van der Waals surface area contributed by atoms with Gasteiger partial charge < -0.3 is 10.6 Å². The second-order valence-corrected chi connectivity index (χ2v) is 11.0. The average molecular weight is 506 g/mol. The maximum Gasteiger partial charge on any atom is 0.243 e. The first-order valence-electron chi connectivity index (χ1n) is 12.1. The van der Waals surface area contributed by atoms with Crippen molar-refractivity contribution in [3.05, 3.63) is 89.0 Å². The Morgan fingerprint density at radius 2 is 1.67 bits per heavy atom. The van der Waals surface area contributed by atoms with E-state index in [0.29, 0.717) is 18.5 Å². The Bertz CT molecular complexity index is 1380. The number of sulfonamides is 1. The van der Waals surface area contributed by atoms with Gasteiger partial charge in [-0.25, -0.2) is 8.42 Å². The van der Waals surface area contributed by atoms with Gasteiger partial charge in [0.25, 0.3) is 0 Å². The minimum atomic E-state index is -3.90. The Morgan fingerprint density at radius 3 is 2.39 bits per heavy atom. The summed E-state index contributed by atoms with van der Waals surface area (Å²) in [6.07, 6.45) is 0.891. The molecule has 1 aliphatic rings. The molecule has 0 saturated carbocycles. The average Bonchev–Trinajstić information content (AvgIpc) is 2.86. The molecular formula is C28H31N3O4S. The summed E-state index contributed by atoms with van der Waals surface area (Å²) in [7, 11) is -3.90. The third kappa shape index (κ3) is 5.50. The number of nitrogens with zero attached hydrogens (tertiary/aromatic N) is 1. The Morgan fingerprint density at radius 1 is 0.944 bits per heavy atom. The first-order valence-corrected chi connectivity index (χ1v) is 13.5. The summed E-state index contributed by atoms with van der Waals surface area (Å²) in [5.41, 5.74) is 5.12. The monoisotopic (exact) mass is 505 g/mol. The zero-order chi connectivity index (χ0) is 25.9. The van der Waals surface area contributed by atoms with Crippen molar-refractivity contribution >= 4 is 33.2 Å². The first kappa shape index (κ1) is 25.6. The third-order valence-corrected chi connectivity index (χ3v) is 8.40. The van der Waals surface area contributed by atoms with Gasteiger partial charge >= 0.3 is 0 Å². The number of anilines is 2. The van der Waals surface area contributed by atoms with E-state index in [1.807, 2.05) is 56.3 Å². The lowest BCUT2D eigenvalue weighted by molar-refractivity contribution is -0.117. The van der Waals surface area contributed by atoms with Crippen molar-refractivity contribution in [1.82, 2.24) is 4.31 Å². The molecule has 4 rings (SSSR count). The van der Waals surface area contributed by atoms with Crippen LogP contribution in [0.2, 0.25) is 0 Å². The lowest BCUT2D eigenvalue weighted by atomic mass is 9.92. The summed E-state index contributed by atoms with van der Waals surface area (Å²) >= 11 is 0. The highest BCUT2D eigenvalue weighted by Gasteiger charge is 2.37. The quantitative estimate of drug-likeness (QED) is 0.474. The highest BCUT2D eigenvalue weighted by atomic mass is 32.2. The topological polar surface area (TPSA) is 95.6 Å². The molecule has 0 fully saturated rings. The molecule has 7 nitrogen and oxygen atoms in total. The van der Waals surface area contributed by atoms with Gasteiger partial charge in [-0.15, -0.1) is 0 Å². The van der Waals surface area contributed by atoms with E-state index in [2.05, 4.69) is 10.6 Å². The van der Waals surface area contributed by atoms with Gasteiger partial charge in [-0.3, -0.25) is 9.59 Å². The molecule has 2 N–H and O–H groups in total. The number of hydrogen-bond acceptors (Lipinski definition) is 4. The fourth-order valence-corrected chi connectivity index (χ4v) is 6.08. The number of aryl methyl sites for hydroxylation is 2. The fraction of sp³-hybridized carbons (Fsp3) is 0.286. The van der Waals surface area contributed by atoms with Gasteiger partial charge in [0, 0.05) is 30.8 Å². The van der Waals surface area contributed by atoms with Crippen molar-refractivity contribution in [1.29, 1.82) is 0 Å². The van der Waals surface area contributed by atoms with Crippen LogP contribution in [0.4, 0.5) is 11.4 Å². The minimum absolute atomic E-state index is 0.00569. The predicted molar refractivity (Wildman–Crippen MR) is 141 cm³/mol. The molecule has 1 aliphatic heterocycles. The molecule has 0 spiro atoms. The van der Waals surface area contributed by atoms with Gasteiger partial charge in [-0.05, 0) is 72.9 Å². The molecule has 0 bridgehead atoms. The number of hydrogen-bond donors (Lipinski definition) is 2. The summed E-state index contributed by atoms with van der Waals surface area (Å²) in [5, 5.41) is 5.70. The molecule has 36 heavy (non-hydrogen) atoms. The summed E-state index contributed by atoms with van der Waals surface area (Å²) in [4.78, 5) is 25.0. The van der Waals surface area contributed by atoms with E-state index < -0.39 is 16.1 Å². The van der Waals surface area contributed by atoms with Crippen LogP contribution < -0.4 is 10.6 Å². The van der Waals surface area contributed by atoms with Crippen LogP contribution in [0.15, 0.2) is 71.6 Å². The molecule has 1 atom stereocenters. The Balaban J connectivity index is 1.63. The summed E-state index contributed by atoms with van der Waals surface area (Å²) in [6, 6.07) is 19.1. The SMILES string of the molecule is CCC(=O)Nc1ccc(S(=O)(=O)N2CCc3ccccc3C2CC(=O)Nc2cc(C)ccc2C)cc1. The number of nitrogens with one attached hydrogen (secondary N) is 2. The highest BCUT2D eigenvalue weighted by molar-refractivity contribution is 7.89. The molecule has 3 aromatic carbocycles. The molecule has 8 heteroatoms. The van der Waals surface area contributed by atoms with Gasteiger partial charge in [0.15, 0.2) is 0 Å². The largest absolute Gasteiger partial charge is 0.326 e. The maximum atomic E-state index is 13.7. The van der Waals surface area contributed by atoms with Gasteiger partial charge in [0.2, 0.25) is 21.8 Å². The van der Waals surface area contributed by atoms with Crippen molar-refractivity contribution in [3.8, 4) is 0 Å². The van der Waals surface area contributed by atoms with Crippen molar-refractivity contribution in [2.45, 2.75) is 51.0 Å². The Kier molecular flexibility index (Phi) is 7.56. The van der Waals surface area contributed by atoms with E-state index in [-0.39, 0.29) is 29.7 Å². The molecule has 0 saturated heterocycles. The molecule has 1 unspecified atom stereocenters. The van der Waals surface area contributed by atoms with E-state index in [1.165, 1.54) is 16.4 Å². The predicted octanol–water partition coefficient (Wildman–Crippen LogP) is 4.97. The first-order chi connectivity index (χ1) is 17.2. The van der Waals surface area contributed by atoms with E-state index in [9.17, 15) is 18.0 Å². The van der Waals surface area contributed by atoms with Crippen molar-refractivity contribution in [2.24, 2.45) is 0 Å². The number of carbonyl (C=O) groups is 2. The molecule has 188 valence electrons. The Labute approximate surface area is 212 Å².